The molecule has 0 amide bonds. The molecule has 0 radical (unpaired) electrons. The van der Waals surface area contributed by atoms with Crippen LogP contribution in [0, 0.1) is 23.2 Å². The summed E-state index contributed by atoms with van der Waals surface area (Å²) in [7, 11) is 0. The molecule has 0 aromatic rings. The van der Waals surface area contributed by atoms with E-state index in [2.05, 4.69) is 55.4 Å². The molecule has 4 aliphatic rings. The minimum absolute atomic E-state index is 0.0590. The largest absolute Gasteiger partial charge is 0.393 e. The molecule has 0 spiro atoms. The van der Waals surface area contributed by atoms with Gasteiger partial charge in [-0.1, -0.05) is 87.5 Å². The van der Waals surface area contributed by atoms with Gasteiger partial charge in [-0.15, -0.1) is 0 Å². The lowest BCUT2D eigenvalue weighted by Gasteiger charge is -2.23. The zero-order valence-corrected chi connectivity index (χ0v) is 34.4. The second kappa shape index (κ2) is 37.4. The second-order valence-electron chi connectivity index (χ2n) is 16.1. The average molecular weight is 707 g/mol. The van der Waals surface area contributed by atoms with Crippen LogP contribution in [0.1, 0.15) is 165 Å². The molecule has 10 heteroatoms. The highest BCUT2D eigenvalue weighted by Crippen LogP contribution is 2.26. The van der Waals surface area contributed by atoms with Gasteiger partial charge in [0.1, 0.15) is 0 Å². The summed E-state index contributed by atoms with van der Waals surface area (Å²) in [6.07, 6.45) is 18.0. The van der Waals surface area contributed by atoms with E-state index in [1.807, 2.05) is 6.92 Å². The molecule has 0 aliphatic heterocycles. The van der Waals surface area contributed by atoms with Gasteiger partial charge < -0.3 is 56.1 Å². The maximum Gasteiger partial charge on any atom is 0.0691 e. The first kappa shape index (κ1) is 55.4. The Morgan fingerprint density at radius 2 is 1.08 bits per heavy atom. The Kier molecular flexibility index (Phi) is 42.2. The smallest absolute Gasteiger partial charge is 0.0691 e. The average Bonchev–Trinajstić information content (AvgIpc) is 3.90. The summed E-state index contributed by atoms with van der Waals surface area (Å²) in [5.74, 6) is 2.29. The molecular formula is C39H94N8O2. The maximum absolute atomic E-state index is 9.05. The Morgan fingerprint density at radius 1 is 0.653 bits per heavy atom. The third-order valence-electron chi connectivity index (χ3n) is 9.20. The zero-order valence-electron chi connectivity index (χ0n) is 34.4. The van der Waals surface area contributed by atoms with Gasteiger partial charge in [-0.2, -0.15) is 0 Å². The molecular weight excluding hydrogens is 612 g/mol. The van der Waals surface area contributed by atoms with Gasteiger partial charge in [-0.3, -0.25) is 0 Å². The number of hydrogen-bond acceptors (Lipinski definition) is 10. The summed E-state index contributed by atoms with van der Waals surface area (Å²) in [5.41, 5.74) is 43.2. The third-order valence-corrected chi connectivity index (χ3v) is 9.20. The van der Waals surface area contributed by atoms with Gasteiger partial charge >= 0.3 is 0 Å². The monoisotopic (exact) mass is 707 g/mol. The molecule has 0 heterocycles. The van der Waals surface area contributed by atoms with E-state index in [-0.39, 0.29) is 23.7 Å². The lowest BCUT2D eigenvalue weighted by atomic mass is 9.89. The van der Waals surface area contributed by atoms with Crippen LogP contribution in [0.2, 0.25) is 0 Å². The summed E-state index contributed by atoms with van der Waals surface area (Å²) in [6.45, 7) is 22.5. The number of rotatable bonds is 6. The highest BCUT2D eigenvalue weighted by Gasteiger charge is 2.19. The molecule has 18 N–H and O–H groups in total. The molecule has 4 unspecified atom stereocenters. The minimum Gasteiger partial charge on any atom is -0.393 e. The molecule has 4 saturated carbocycles. The van der Waals surface area contributed by atoms with E-state index in [1.54, 1.807) is 0 Å². The first-order valence-electron chi connectivity index (χ1n) is 20.0. The Bertz CT molecular complexity index is 589. The highest BCUT2D eigenvalue weighted by molar-refractivity contribution is 4.76. The molecule has 4 atom stereocenters. The van der Waals surface area contributed by atoms with Gasteiger partial charge in [0.15, 0.2) is 0 Å². The van der Waals surface area contributed by atoms with Gasteiger partial charge in [0.2, 0.25) is 0 Å². The number of aliphatic hydroxyl groups excluding tert-OH is 2. The van der Waals surface area contributed by atoms with Gasteiger partial charge in [0, 0.05) is 24.2 Å². The summed E-state index contributed by atoms with van der Waals surface area (Å²) >= 11 is 0. The van der Waals surface area contributed by atoms with E-state index in [1.165, 1.54) is 57.8 Å². The predicted octanol–water partition coefficient (Wildman–Crippen LogP) is 5.07. The van der Waals surface area contributed by atoms with Crippen molar-refractivity contribution in [2.75, 3.05) is 26.2 Å². The highest BCUT2D eigenvalue weighted by atomic mass is 16.3. The van der Waals surface area contributed by atoms with E-state index in [0.29, 0.717) is 30.0 Å². The fourth-order valence-electron chi connectivity index (χ4n) is 3.41. The summed E-state index contributed by atoms with van der Waals surface area (Å²) in [6, 6.07) is 1.28. The van der Waals surface area contributed by atoms with Crippen molar-refractivity contribution < 1.29 is 10.2 Å². The lowest BCUT2D eigenvalue weighted by Crippen LogP contribution is -2.37. The van der Waals surface area contributed by atoms with E-state index in [9.17, 15) is 0 Å². The van der Waals surface area contributed by atoms with E-state index in [0.717, 1.165) is 77.0 Å². The van der Waals surface area contributed by atoms with Crippen molar-refractivity contribution in [3.63, 3.8) is 0 Å². The summed E-state index contributed by atoms with van der Waals surface area (Å²) in [5, 5.41) is 18.0. The summed E-state index contributed by atoms with van der Waals surface area (Å²) in [4.78, 5) is 0. The third kappa shape index (κ3) is 47.6. The normalized spacial score (nSPS) is 24.0. The van der Waals surface area contributed by atoms with Crippen LogP contribution in [0.3, 0.4) is 0 Å². The predicted molar refractivity (Wildman–Crippen MR) is 218 cm³/mol. The Labute approximate surface area is 306 Å². The van der Waals surface area contributed by atoms with Crippen molar-refractivity contribution in [3.05, 3.63) is 0 Å². The Morgan fingerprint density at radius 3 is 1.20 bits per heavy atom. The molecule has 0 saturated heterocycles. The van der Waals surface area contributed by atoms with Crippen LogP contribution in [-0.2, 0) is 0 Å². The molecule has 302 valence electrons. The van der Waals surface area contributed by atoms with Crippen molar-refractivity contribution in [2.45, 2.75) is 201 Å². The van der Waals surface area contributed by atoms with Crippen LogP contribution >= 0.6 is 0 Å². The fourth-order valence-corrected chi connectivity index (χ4v) is 3.41. The minimum atomic E-state index is -0.219. The van der Waals surface area contributed by atoms with Gasteiger partial charge in [0.25, 0.3) is 0 Å². The second-order valence-corrected chi connectivity index (χ2v) is 16.1. The van der Waals surface area contributed by atoms with Crippen LogP contribution in [0.5, 0.6) is 0 Å². The lowest BCUT2D eigenvalue weighted by molar-refractivity contribution is 0.108. The van der Waals surface area contributed by atoms with Crippen LogP contribution in [0.15, 0.2) is 0 Å². The first-order valence-corrected chi connectivity index (χ1v) is 20.0. The van der Waals surface area contributed by atoms with Crippen molar-refractivity contribution in [3.8, 4) is 0 Å². The van der Waals surface area contributed by atoms with E-state index < -0.39 is 0 Å². The molecule has 0 aromatic heterocycles. The van der Waals surface area contributed by atoms with Gasteiger partial charge in [-0.25, -0.2) is 0 Å². The van der Waals surface area contributed by atoms with E-state index >= 15 is 0 Å². The number of unbranched alkanes of at least 4 members (excludes halogenated alkanes) is 1. The first-order chi connectivity index (χ1) is 22.9. The molecule has 10 nitrogen and oxygen atoms in total. The quantitative estimate of drug-likeness (QED) is 0.176. The van der Waals surface area contributed by atoms with Crippen LogP contribution in [-0.4, -0.2) is 72.8 Å². The van der Waals surface area contributed by atoms with Crippen molar-refractivity contribution in [1.29, 1.82) is 0 Å². The van der Waals surface area contributed by atoms with E-state index in [4.69, 9.17) is 56.1 Å². The standard InChI is InChI=1S/2C6H13NO.C6H15N.C5H13N.2C4H9N.2C4H11N/c7-5-1-3-6(8)4-2-5;7-5-3-1-2-4-6(5)8;1-5(7)6(2,3)4;1-3-5(2)4-6;5-3-4-1-2-4;5-4-2-1-3-4;1-4(2)3-5;1-2-3-4-5/h2*5-6,8H,1-4,7H2;5H,7H2,1-4H3;5H,3-4,6H2,1-2H3;2*4H,1-3,5H2;4H,3,5H2,1-2H3;2-5H2,1H3. The fraction of sp³-hybridized carbons (Fsp3) is 1.00. The molecule has 49 heavy (non-hydrogen) atoms. The van der Waals surface area contributed by atoms with Gasteiger partial charge in [-0.05, 0) is 127 Å². The van der Waals surface area contributed by atoms with Crippen molar-refractivity contribution >= 4 is 0 Å². The summed E-state index contributed by atoms with van der Waals surface area (Å²) < 4.78 is 0. The van der Waals surface area contributed by atoms with Crippen LogP contribution in [0.4, 0.5) is 0 Å². The van der Waals surface area contributed by atoms with Crippen LogP contribution in [0.25, 0.3) is 0 Å². The molecule has 4 fully saturated rings. The maximum atomic E-state index is 9.05. The molecule has 0 aromatic carbocycles. The number of hydrogen-bond donors (Lipinski definition) is 10. The zero-order chi connectivity index (χ0) is 38.8. The molecule has 4 aliphatic carbocycles. The number of nitrogens with two attached hydrogens (primary N) is 8. The van der Waals surface area contributed by atoms with Crippen LogP contribution < -0.4 is 45.9 Å². The number of aliphatic hydroxyl groups is 2. The Balaban J connectivity index is -0.000000238. The van der Waals surface area contributed by atoms with Crippen molar-refractivity contribution in [1.82, 2.24) is 0 Å². The SMILES string of the molecule is CC(C)CN.CC(N)C(C)(C)C.CCC(C)CN.CCCCN.NC1CCC(O)CC1.NC1CCC1.NC1CCCCC1O.NCC1CC1. The Hall–Kier alpha value is -0.400. The van der Waals surface area contributed by atoms with Crippen molar-refractivity contribution in [2.24, 2.45) is 69.0 Å². The topological polar surface area (TPSA) is 249 Å². The molecule has 4 rings (SSSR count). The van der Waals surface area contributed by atoms with Gasteiger partial charge in [0.05, 0.1) is 12.2 Å². The molecule has 0 bridgehead atoms.